The number of rotatable bonds is 1. The fourth-order valence-electron chi connectivity index (χ4n) is 2.59. The molecule has 0 bridgehead atoms. The second kappa shape index (κ2) is 4.80. The third kappa shape index (κ3) is 1.91. The van der Waals surface area contributed by atoms with Crippen molar-refractivity contribution in [3.8, 4) is 0 Å². The van der Waals surface area contributed by atoms with Crippen LogP contribution in [0.1, 0.15) is 5.56 Å². The van der Waals surface area contributed by atoms with Crippen molar-refractivity contribution in [2.75, 3.05) is 6.61 Å². The van der Waals surface area contributed by atoms with Crippen molar-refractivity contribution in [1.29, 1.82) is 0 Å². The van der Waals surface area contributed by atoms with Gasteiger partial charge in [0.1, 0.15) is 18.3 Å². The van der Waals surface area contributed by atoms with Gasteiger partial charge in [0.15, 0.2) is 0 Å². The van der Waals surface area contributed by atoms with E-state index >= 15 is 0 Å². The largest absolute Gasteiger partial charge is 0.823 e. The van der Waals surface area contributed by atoms with Gasteiger partial charge in [0, 0.05) is 5.79 Å². The number of aliphatic hydroxyl groups excluding tert-OH is 3. The molecular weight excluding hydrogens is 260 g/mol. The van der Waals surface area contributed by atoms with Gasteiger partial charge in [-0.1, -0.05) is 42.5 Å². The average Bonchev–Trinajstić information content (AvgIpc) is 2.49. The van der Waals surface area contributed by atoms with Gasteiger partial charge in [0.05, 0.1) is 6.61 Å². The summed E-state index contributed by atoms with van der Waals surface area (Å²) < 4.78 is 5.14. The summed E-state index contributed by atoms with van der Waals surface area (Å²) in [5, 5.41) is 43.6. The van der Waals surface area contributed by atoms with E-state index in [0.717, 1.165) is 5.39 Å². The smallest absolute Gasteiger partial charge is 0.110 e. The summed E-state index contributed by atoms with van der Waals surface area (Å²) in [7, 11) is 0. The van der Waals surface area contributed by atoms with Gasteiger partial charge in [-0.15, -0.1) is 0 Å². The molecule has 0 aliphatic carbocycles. The number of fused-ring (bicyclic) bond motifs is 1. The molecule has 0 spiro atoms. The first kappa shape index (κ1) is 13.5. The first-order valence-corrected chi connectivity index (χ1v) is 6.41. The highest BCUT2D eigenvalue weighted by atomic mass is 16.6. The van der Waals surface area contributed by atoms with Gasteiger partial charge in [-0.3, -0.25) is 0 Å². The van der Waals surface area contributed by atoms with Gasteiger partial charge in [0.25, 0.3) is 0 Å². The molecule has 4 atom stereocenters. The fraction of sp³-hybridized carbons (Fsp3) is 0.333. The Labute approximate surface area is 115 Å². The van der Waals surface area contributed by atoms with Crippen molar-refractivity contribution in [3.63, 3.8) is 0 Å². The van der Waals surface area contributed by atoms with Crippen LogP contribution >= 0.6 is 0 Å². The molecule has 2 aromatic rings. The van der Waals surface area contributed by atoms with Crippen LogP contribution in [0.2, 0.25) is 0 Å². The van der Waals surface area contributed by atoms with Crippen molar-refractivity contribution in [2.45, 2.75) is 24.1 Å². The highest BCUT2D eigenvalue weighted by Gasteiger charge is 2.43. The predicted molar refractivity (Wildman–Crippen MR) is 69.6 cm³/mol. The monoisotopic (exact) mass is 275 g/mol. The van der Waals surface area contributed by atoms with E-state index in [-0.39, 0.29) is 12.2 Å². The van der Waals surface area contributed by atoms with E-state index in [0.29, 0.717) is 5.39 Å². The Morgan fingerprint density at radius 1 is 1.05 bits per heavy atom. The fourth-order valence-corrected chi connectivity index (χ4v) is 2.59. The quantitative estimate of drug-likeness (QED) is 0.650. The summed E-state index contributed by atoms with van der Waals surface area (Å²) in [4.78, 5) is 0. The van der Waals surface area contributed by atoms with Gasteiger partial charge >= 0.3 is 0 Å². The lowest BCUT2D eigenvalue weighted by Gasteiger charge is -2.51. The normalized spacial score (nSPS) is 34.3. The Morgan fingerprint density at radius 2 is 1.75 bits per heavy atom. The van der Waals surface area contributed by atoms with Gasteiger partial charge in [-0.25, -0.2) is 0 Å². The molecule has 1 fully saturated rings. The molecular formula is C15H15O5-. The predicted octanol–water partition coefficient (Wildman–Crippen LogP) is -0.534. The maximum Gasteiger partial charge on any atom is 0.110 e. The van der Waals surface area contributed by atoms with E-state index in [2.05, 4.69) is 0 Å². The maximum atomic E-state index is 12.9. The minimum Gasteiger partial charge on any atom is -0.823 e. The summed E-state index contributed by atoms with van der Waals surface area (Å²) in [6, 6.07) is 12.4. The second-order valence-corrected chi connectivity index (χ2v) is 5.01. The molecule has 1 aliphatic rings. The van der Waals surface area contributed by atoms with E-state index < -0.39 is 24.1 Å². The first-order chi connectivity index (χ1) is 9.54. The first-order valence-electron chi connectivity index (χ1n) is 6.41. The Hall–Kier alpha value is -1.50. The lowest BCUT2D eigenvalue weighted by Crippen LogP contribution is -2.65. The van der Waals surface area contributed by atoms with Gasteiger partial charge in [0.2, 0.25) is 0 Å². The van der Waals surface area contributed by atoms with Gasteiger partial charge < -0.3 is 25.2 Å². The number of hydrogen-bond acceptors (Lipinski definition) is 5. The summed E-state index contributed by atoms with van der Waals surface area (Å²) in [6.07, 6.45) is -4.53. The number of benzene rings is 2. The molecule has 20 heavy (non-hydrogen) atoms. The highest BCUT2D eigenvalue weighted by Crippen LogP contribution is 2.34. The van der Waals surface area contributed by atoms with E-state index in [9.17, 15) is 20.4 Å². The van der Waals surface area contributed by atoms with Gasteiger partial charge in [-0.05, 0) is 16.3 Å². The molecule has 5 nitrogen and oxygen atoms in total. The van der Waals surface area contributed by atoms with Crippen LogP contribution in [-0.4, -0.2) is 40.2 Å². The SMILES string of the molecule is [O-]C1(c2cccc3ccccc23)OC[C@@H](O)[C@H](O)[C@H]1O. The van der Waals surface area contributed by atoms with E-state index in [1.807, 2.05) is 18.2 Å². The Kier molecular flexibility index (Phi) is 3.24. The van der Waals surface area contributed by atoms with Gasteiger partial charge in [-0.2, -0.15) is 0 Å². The van der Waals surface area contributed by atoms with Crippen LogP contribution in [0.4, 0.5) is 0 Å². The molecule has 5 heteroatoms. The maximum absolute atomic E-state index is 12.9. The molecule has 1 heterocycles. The molecule has 1 unspecified atom stereocenters. The zero-order valence-corrected chi connectivity index (χ0v) is 10.6. The Morgan fingerprint density at radius 3 is 2.55 bits per heavy atom. The van der Waals surface area contributed by atoms with Crippen LogP contribution in [-0.2, 0) is 10.5 Å². The van der Waals surface area contributed by atoms with Crippen LogP contribution in [0.25, 0.3) is 10.8 Å². The molecule has 106 valence electrons. The number of ether oxygens (including phenoxy) is 1. The minimum absolute atomic E-state index is 0.258. The van der Waals surface area contributed by atoms with Crippen molar-refractivity contribution in [3.05, 3.63) is 48.0 Å². The lowest BCUT2D eigenvalue weighted by atomic mass is 9.88. The molecule has 2 aromatic carbocycles. The third-order valence-electron chi connectivity index (χ3n) is 3.74. The van der Waals surface area contributed by atoms with Crippen LogP contribution in [0.3, 0.4) is 0 Å². The molecule has 0 saturated carbocycles. The minimum atomic E-state index is -2.29. The van der Waals surface area contributed by atoms with Crippen LogP contribution in [0, 0.1) is 0 Å². The second-order valence-electron chi connectivity index (χ2n) is 5.01. The number of aliphatic hydroxyl groups is 3. The van der Waals surface area contributed by atoms with E-state index in [1.54, 1.807) is 24.3 Å². The average molecular weight is 275 g/mol. The number of hydrogen-bond donors (Lipinski definition) is 3. The standard InChI is InChI=1S/C15H15O5/c16-12-8-20-15(19,14(18)13(12)17)11-7-3-5-9-4-1-2-6-10(9)11/h1-7,12-14,16-18H,8H2/q-1/t12-,13+,14-,15?/m1/s1. The molecule has 0 amide bonds. The van der Waals surface area contributed by atoms with Crippen LogP contribution in [0.15, 0.2) is 42.5 Å². The van der Waals surface area contributed by atoms with Crippen LogP contribution in [0.5, 0.6) is 0 Å². The van der Waals surface area contributed by atoms with E-state index in [4.69, 9.17) is 4.74 Å². The zero-order chi connectivity index (χ0) is 14.3. The topological polar surface area (TPSA) is 93.0 Å². The molecule has 1 saturated heterocycles. The summed E-state index contributed by atoms with van der Waals surface area (Å²) in [6.45, 7) is -0.315. The zero-order valence-electron chi connectivity index (χ0n) is 10.6. The van der Waals surface area contributed by atoms with E-state index in [1.165, 1.54) is 0 Å². The Balaban J connectivity index is 2.14. The molecule has 3 N–H and O–H groups in total. The lowest BCUT2D eigenvalue weighted by molar-refractivity contribution is -0.599. The van der Waals surface area contributed by atoms with Crippen LogP contribution < -0.4 is 5.11 Å². The van der Waals surface area contributed by atoms with Crippen molar-refractivity contribution >= 4 is 10.8 Å². The van der Waals surface area contributed by atoms with Crippen molar-refractivity contribution < 1.29 is 25.2 Å². The molecule has 0 radical (unpaired) electrons. The van der Waals surface area contributed by atoms with Crippen molar-refractivity contribution in [1.82, 2.24) is 0 Å². The highest BCUT2D eigenvalue weighted by molar-refractivity contribution is 5.86. The third-order valence-corrected chi connectivity index (χ3v) is 3.74. The van der Waals surface area contributed by atoms with Crippen molar-refractivity contribution in [2.24, 2.45) is 0 Å². The Bertz CT molecular complexity index is 623. The molecule has 3 rings (SSSR count). The molecule has 0 aromatic heterocycles. The summed E-state index contributed by atoms with van der Waals surface area (Å²) >= 11 is 0. The molecule has 1 aliphatic heterocycles. The summed E-state index contributed by atoms with van der Waals surface area (Å²) in [5.41, 5.74) is 0.258. The summed E-state index contributed by atoms with van der Waals surface area (Å²) in [5.74, 6) is -2.29.